The number of benzene rings is 2. The number of hydrogen-bond donors (Lipinski definition) is 1. The second-order valence-electron chi connectivity index (χ2n) is 7.41. The standard InChI is InChI=1S/C22H24FN3O/c1-25(14-20-12-18-11-19(23)7-8-21(18)24-20)22(27)15-26-10-9-17(13-26)16-5-3-2-4-6-16/h2-8,11-12,17,24H,9-10,13-15H2,1H3/t17-/m0/s1. The van der Waals surface area contributed by atoms with Gasteiger partial charge >= 0.3 is 0 Å². The summed E-state index contributed by atoms with van der Waals surface area (Å²) in [6, 6.07) is 17.1. The molecule has 27 heavy (non-hydrogen) atoms. The summed E-state index contributed by atoms with van der Waals surface area (Å²) in [6.45, 7) is 2.81. The average Bonchev–Trinajstić information content (AvgIpc) is 3.28. The molecule has 1 aromatic heterocycles. The minimum Gasteiger partial charge on any atom is -0.357 e. The minimum atomic E-state index is -0.250. The monoisotopic (exact) mass is 365 g/mol. The lowest BCUT2D eigenvalue weighted by Crippen LogP contribution is -2.37. The third-order valence-electron chi connectivity index (χ3n) is 5.37. The summed E-state index contributed by atoms with van der Waals surface area (Å²) in [7, 11) is 1.82. The molecule has 1 N–H and O–H groups in total. The van der Waals surface area contributed by atoms with Crippen LogP contribution in [0.1, 0.15) is 23.6 Å². The molecule has 0 saturated carbocycles. The molecule has 3 aromatic rings. The minimum absolute atomic E-state index is 0.105. The highest BCUT2D eigenvalue weighted by atomic mass is 19.1. The molecule has 4 nitrogen and oxygen atoms in total. The SMILES string of the molecule is CN(Cc1cc2cc(F)ccc2[nH]1)C(=O)CN1CC[C@H](c2ccccc2)C1. The number of carbonyl (C=O) groups is 1. The molecular formula is C22H24FN3O. The van der Waals surface area contributed by atoms with E-state index in [0.717, 1.165) is 36.1 Å². The zero-order chi connectivity index (χ0) is 18.8. The summed E-state index contributed by atoms with van der Waals surface area (Å²) in [6.07, 6.45) is 1.09. The number of H-pyrrole nitrogens is 1. The van der Waals surface area contributed by atoms with Gasteiger partial charge in [0.15, 0.2) is 0 Å². The van der Waals surface area contributed by atoms with Crippen LogP contribution in [0.2, 0.25) is 0 Å². The van der Waals surface area contributed by atoms with E-state index in [0.29, 0.717) is 19.0 Å². The molecule has 2 heterocycles. The molecule has 0 spiro atoms. The van der Waals surface area contributed by atoms with Crippen LogP contribution in [-0.4, -0.2) is 47.4 Å². The first-order valence-corrected chi connectivity index (χ1v) is 9.37. The van der Waals surface area contributed by atoms with Crippen molar-refractivity contribution < 1.29 is 9.18 Å². The molecule has 1 aliphatic rings. The van der Waals surface area contributed by atoms with Crippen molar-refractivity contribution in [3.05, 3.63) is 71.7 Å². The Balaban J connectivity index is 1.34. The van der Waals surface area contributed by atoms with Crippen LogP contribution in [-0.2, 0) is 11.3 Å². The number of halogens is 1. The van der Waals surface area contributed by atoms with Crippen molar-refractivity contribution in [3.8, 4) is 0 Å². The number of rotatable bonds is 5. The number of fused-ring (bicyclic) bond motifs is 1. The Kier molecular flexibility index (Phi) is 4.94. The molecule has 1 fully saturated rings. The van der Waals surface area contributed by atoms with Gasteiger partial charge in [-0.25, -0.2) is 4.39 Å². The first kappa shape index (κ1) is 17.7. The number of aromatic nitrogens is 1. The Morgan fingerprint density at radius 1 is 1.22 bits per heavy atom. The van der Waals surface area contributed by atoms with E-state index in [2.05, 4.69) is 34.1 Å². The topological polar surface area (TPSA) is 39.3 Å². The van der Waals surface area contributed by atoms with Crippen LogP contribution in [0.3, 0.4) is 0 Å². The van der Waals surface area contributed by atoms with E-state index >= 15 is 0 Å². The summed E-state index contributed by atoms with van der Waals surface area (Å²) in [4.78, 5) is 19.8. The zero-order valence-corrected chi connectivity index (χ0v) is 15.5. The predicted octanol–water partition coefficient (Wildman–Crippen LogP) is 3.75. The average molecular weight is 365 g/mol. The van der Waals surface area contributed by atoms with E-state index in [9.17, 15) is 9.18 Å². The molecule has 140 valence electrons. The van der Waals surface area contributed by atoms with Crippen LogP contribution in [0, 0.1) is 5.82 Å². The maximum atomic E-state index is 13.3. The highest BCUT2D eigenvalue weighted by molar-refractivity contribution is 5.81. The Labute approximate surface area is 158 Å². The van der Waals surface area contributed by atoms with Crippen LogP contribution in [0.15, 0.2) is 54.6 Å². The molecule has 0 aliphatic carbocycles. The quantitative estimate of drug-likeness (QED) is 0.748. The van der Waals surface area contributed by atoms with Gasteiger partial charge in [0.1, 0.15) is 5.82 Å². The lowest BCUT2D eigenvalue weighted by molar-refractivity contribution is -0.131. The lowest BCUT2D eigenvalue weighted by Gasteiger charge is -2.21. The van der Waals surface area contributed by atoms with Gasteiger partial charge in [-0.1, -0.05) is 30.3 Å². The molecule has 0 bridgehead atoms. The van der Waals surface area contributed by atoms with Gasteiger partial charge < -0.3 is 9.88 Å². The molecule has 0 radical (unpaired) electrons. The van der Waals surface area contributed by atoms with Crippen molar-refractivity contribution in [2.75, 3.05) is 26.7 Å². The van der Waals surface area contributed by atoms with E-state index < -0.39 is 0 Å². The van der Waals surface area contributed by atoms with Gasteiger partial charge in [0.2, 0.25) is 5.91 Å². The number of nitrogens with zero attached hydrogens (tertiary/aromatic N) is 2. The first-order chi connectivity index (χ1) is 13.1. The number of amides is 1. The highest BCUT2D eigenvalue weighted by Gasteiger charge is 2.26. The molecule has 2 aromatic carbocycles. The van der Waals surface area contributed by atoms with Gasteiger partial charge in [0.05, 0.1) is 13.1 Å². The fourth-order valence-corrected chi connectivity index (χ4v) is 3.88. The number of nitrogens with one attached hydrogen (secondary N) is 1. The van der Waals surface area contributed by atoms with Gasteiger partial charge in [0.25, 0.3) is 0 Å². The van der Waals surface area contributed by atoms with Crippen LogP contribution in [0.25, 0.3) is 10.9 Å². The van der Waals surface area contributed by atoms with Crippen molar-refractivity contribution in [1.82, 2.24) is 14.8 Å². The fourth-order valence-electron chi connectivity index (χ4n) is 3.88. The molecule has 1 amide bonds. The largest absolute Gasteiger partial charge is 0.357 e. The van der Waals surface area contributed by atoms with Crippen molar-refractivity contribution >= 4 is 16.8 Å². The Bertz CT molecular complexity index is 937. The molecule has 1 aliphatic heterocycles. The normalized spacial score (nSPS) is 17.5. The summed E-state index contributed by atoms with van der Waals surface area (Å²) >= 11 is 0. The zero-order valence-electron chi connectivity index (χ0n) is 15.5. The van der Waals surface area contributed by atoms with Crippen LogP contribution < -0.4 is 0 Å². The predicted molar refractivity (Wildman–Crippen MR) is 105 cm³/mol. The van der Waals surface area contributed by atoms with Crippen LogP contribution >= 0.6 is 0 Å². The second kappa shape index (κ2) is 7.53. The van der Waals surface area contributed by atoms with Crippen LogP contribution in [0.4, 0.5) is 4.39 Å². The molecule has 5 heteroatoms. The molecule has 1 saturated heterocycles. The van der Waals surface area contributed by atoms with Gasteiger partial charge in [-0.2, -0.15) is 0 Å². The molecule has 1 atom stereocenters. The summed E-state index contributed by atoms with van der Waals surface area (Å²) < 4.78 is 13.3. The van der Waals surface area contributed by atoms with Gasteiger partial charge in [-0.05, 0) is 48.7 Å². The number of hydrogen-bond acceptors (Lipinski definition) is 2. The molecular weight excluding hydrogens is 341 g/mol. The van der Waals surface area contributed by atoms with E-state index in [-0.39, 0.29) is 11.7 Å². The van der Waals surface area contributed by atoms with Gasteiger partial charge in [-0.15, -0.1) is 0 Å². The van der Waals surface area contributed by atoms with Gasteiger partial charge in [0, 0.05) is 30.2 Å². The third-order valence-corrected chi connectivity index (χ3v) is 5.37. The van der Waals surface area contributed by atoms with Crippen LogP contribution in [0.5, 0.6) is 0 Å². The Morgan fingerprint density at radius 3 is 2.85 bits per heavy atom. The smallest absolute Gasteiger partial charge is 0.236 e. The maximum Gasteiger partial charge on any atom is 0.236 e. The summed E-state index contributed by atoms with van der Waals surface area (Å²) in [5, 5.41) is 0.830. The van der Waals surface area contributed by atoms with Gasteiger partial charge in [-0.3, -0.25) is 9.69 Å². The summed E-state index contributed by atoms with van der Waals surface area (Å²) in [5.74, 6) is 0.362. The second-order valence-corrected chi connectivity index (χ2v) is 7.41. The highest BCUT2D eigenvalue weighted by Crippen LogP contribution is 2.26. The van der Waals surface area contributed by atoms with E-state index in [1.54, 1.807) is 11.0 Å². The number of likely N-dealkylation sites (N-methyl/N-ethyl adjacent to an activating group) is 1. The van der Waals surface area contributed by atoms with E-state index in [1.807, 2.05) is 19.2 Å². The molecule has 0 unspecified atom stereocenters. The van der Waals surface area contributed by atoms with Crippen molar-refractivity contribution in [1.29, 1.82) is 0 Å². The number of likely N-dealkylation sites (tertiary alicyclic amines) is 1. The van der Waals surface area contributed by atoms with Crippen molar-refractivity contribution in [2.45, 2.75) is 18.9 Å². The summed E-state index contributed by atoms with van der Waals surface area (Å²) in [5.41, 5.74) is 3.15. The first-order valence-electron chi connectivity index (χ1n) is 9.37. The number of carbonyl (C=O) groups excluding carboxylic acids is 1. The Morgan fingerprint density at radius 2 is 2.04 bits per heavy atom. The Hall–Kier alpha value is -2.66. The van der Waals surface area contributed by atoms with E-state index in [4.69, 9.17) is 0 Å². The maximum absolute atomic E-state index is 13.3. The molecule has 4 rings (SSSR count). The lowest BCUT2D eigenvalue weighted by atomic mass is 9.99. The number of aromatic amines is 1. The van der Waals surface area contributed by atoms with Crippen molar-refractivity contribution in [2.24, 2.45) is 0 Å². The van der Waals surface area contributed by atoms with E-state index in [1.165, 1.54) is 17.7 Å². The fraction of sp³-hybridized carbons (Fsp3) is 0.318. The third kappa shape index (κ3) is 4.03. The van der Waals surface area contributed by atoms with Crippen molar-refractivity contribution in [3.63, 3.8) is 0 Å².